The molecule has 0 fully saturated rings. The average Bonchev–Trinajstić information content (AvgIpc) is 2.94. The molecular weight excluding hydrogens is 401 g/mol. The van der Waals surface area contributed by atoms with Crippen molar-refractivity contribution in [2.45, 2.75) is 20.0 Å². The molecule has 0 saturated heterocycles. The predicted molar refractivity (Wildman–Crippen MR) is 98.3 cm³/mol. The van der Waals surface area contributed by atoms with Crippen LogP contribution in [0.15, 0.2) is 53.5 Å². The third-order valence-electron chi connectivity index (χ3n) is 4.60. The quantitative estimate of drug-likeness (QED) is 0.665. The van der Waals surface area contributed by atoms with Crippen LogP contribution < -0.4 is 10.7 Å². The zero-order valence-corrected chi connectivity index (χ0v) is 17.3. The molecule has 4 nitrogen and oxygen atoms in total. The van der Waals surface area contributed by atoms with Gasteiger partial charge in [0.1, 0.15) is 5.56 Å². The van der Waals surface area contributed by atoms with Crippen molar-refractivity contribution in [3.05, 3.63) is 87.7 Å². The van der Waals surface area contributed by atoms with Crippen molar-refractivity contribution >= 4 is 22.4 Å². The molecule has 1 aliphatic rings. The summed E-state index contributed by atoms with van der Waals surface area (Å²) in [5.41, 5.74) is 4.43. The number of para-hydroxylation sites is 1. The molecule has 1 radical (unpaired) electrons. The molecule has 0 atom stereocenters. The van der Waals surface area contributed by atoms with Crippen molar-refractivity contribution < 1.29 is 37.5 Å². The number of rotatable bonds is 3. The number of nitrogens with zero attached hydrogens (tertiary/aromatic N) is 1. The van der Waals surface area contributed by atoms with E-state index in [2.05, 4.69) is 5.32 Å². The zero-order chi connectivity index (χ0) is 17.6. The van der Waals surface area contributed by atoms with E-state index >= 15 is 0 Å². The minimum absolute atomic E-state index is 0. The Bertz CT molecular complexity index is 1080. The van der Waals surface area contributed by atoms with Crippen LogP contribution in [0.25, 0.3) is 16.5 Å². The van der Waals surface area contributed by atoms with Crippen LogP contribution in [0.4, 0.5) is 0 Å². The van der Waals surface area contributed by atoms with Crippen molar-refractivity contribution in [3.63, 3.8) is 0 Å². The summed E-state index contributed by atoms with van der Waals surface area (Å²) in [7, 11) is 0. The molecule has 2 aromatic carbocycles. The van der Waals surface area contributed by atoms with Crippen LogP contribution in [0.1, 0.15) is 27.0 Å². The molecule has 1 aromatic heterocycles. The van der Waals surface area contributed by atoms with Gasteiger partial charge in [-0.1, -0.05) is 42.0 Å². The number of carbonyl (C=O) groups excluding carboxylic acids is 1. The van der Waals surface area contributed by atoms with Crippen LogP contribution in [0, 0.1) is 13.5 Å². The zero-order valence-electron chi connectivity index (χ0n) is 14.5. The first-order valence-electron chi connectivity index (χ1n) is 8.16. The predicted octanol–water partition coefficient (Wildman–Crippen LogP) is 3.07. The molecular formula is C21H17N2O2Y-. The molecule has 3 aromatic rings. The van der Waals surface area contributed by atoms with Gasteiger partial charge in [0.15, 0.2) is 0 Å². The Morgan fingerprint density at radius 3 is 2.65 bits per heavy atom. The first kappa shape index (κ1) is 18.7. The number of benzene rings is 2. The normalized spacial score (nSPS) is 12.1. The van der Waals surface area contributed by atoms with Gasteiger partial charge in [0.25, 0.3) is 5.91 Å². The fourth-order valence-corrected chi connectivity index (χ4v) is 3.26. The first-order valence-corrected chi connectivity index (χ1v) is 8.16. The molecule has 2 heterocycles. The number of aryl methyl sites for hydroxylation is 1. The largest absolute Gasteiger partial charge is 0.361 e. The molecule has 5 heteroatoms. The summed E-state index contributed by atoms with van der Waals surface area (Å²) in [6.45, 7) is 8.94. The SMILES string of the molecule is [CH-]=C1Cn2cc(C(=O)NCc3ccc(C)cc3)c(=O)c3cccc1c32.[Y]. The molecule has 0 unspecified atom stereocenters. The van der Waals surface area contributed by atoms with Gasteiger partial charge in [0, 0.05) is 57.4 Å². The van der Waals surface area contributed by atoms with E-state index in [0.29, 0.717) is 24.0 Å². The molecule has 4 rings (SSSR count). The van der Waals surface area contributed by atoms with Crippen LogP contribution >= 0.6 is 0 Å². The Morgan fingerprint density at radius 1 is 1.19 bits per heavy atom. The maximum Gasteiger partial charge on any atom is 0.257 e. The van der Waals surface area contributed by atoms with Crippen molar-refractivity contribution in [1.29, 1.82) is 0 Å². The summed E-state index contributed by atoms with van der Waals surface area (Å²) in [6, 6.07) is 13.4. The Balaban J connectivity index is 0.00000196. The minimum Gasteiger partial charge on any atom is -0.361 e. The molecule has 0 bridgehead atoms. The molecule has 0 aliphatic carbocycles. The van der Waals surface area contributed by atoms with Crippen molar-refractivity contribution in [1.82, 2.24) is 9.88 Å². The Labute approximate surface area is 176 Å². The number of allylic oxidation sites excluding steroid dienone is 1. The fourth-order valence-electron chi connectivity index (χ4n) is 3.26. The summed E-state index contributed by atoms with van der Waals surface area (Å²) in [5, 5.41) is 3.36. The number of aromatic nitrogens is 1. The van der Waals surface area contributed by atoms with E-state index < -0.39 is 0 Å². The number of pyridine rings is 1. The molecule has 1 amide bonds. The van der Waals surface area contributed by atoms with E-state index in [1.54, 1.807) is 18.3 Å². The second-order valence-corrected chi connectivity index (χ2v) is 6.40. The smallest absolute Gasteiger partial charge is 0.257 e. The van der Waals surface area contributed by atoms with E-state index in [9.17, 15) is 9.59 Å². The van der Waals surface area contributed by atoms with Gasteiger partial charge in [0.2, 0.25) is 5.43 Å². The van der Waals surface area contributed by atoms with E-state index in [4.69, 9.17) is 6.58 Å². The third kappa shape index (κ3) is 3.20. The Hall–Kier alpha value is -2.04. The van der Waals surface area contributed by atoms with E-state index in [0.717, 1.165) is 22.2 Å². The van der Waals surface area contributed by atoms with Crippen LogP contribution in [-0.2, 0) is 45.8 Å². The maximum atomic E-state index is 12.7. The van der Waals surface area contributed by atoms with E-state index in [1.165, 1.54) is 0 Å². The summed E-state index contributed by atoms with van der Waals surface area (Å²) in [5.74, 6) is -0.368. The van der Waals surface area contributed by atoms with E-state index in [-0.39, 0.29) is 49.6 Å². The van der Waals surface area contributed by atoms with Crippen LogP contribution in [0.3, 0.4) is 0 Å². The number of carbonyl (C=O) groups is 1. The van der Waals surface area contributed by atoms with Crippen molar-refractivity contribution in [3.8, 4) is 0 Å². The number of hydrogen-bond donors (Lipinski definition) is 1. The molecule has 0 saturated carbocycles. The van der Waals surface area contributed by atoms with Gasteiger partial charge in [-0.15, -0.1) is 11.6 Å². The Morgan fingerprint density at radius 2 is 1.92 bits per heavy atom. The number of amides is 1. The fraction of sp³-hybridized carbons (Fsp3) is 0.143. The molecule has 1 N–H and O–H groups in total. The second-order valence-electron chi connectivity index (χ2n) is 6.40. The van der Waals surface area contributed by atoms with Gasteiger partial charge in [-0.25, -0.2) is 0 Å². The molecule has 1 aliphatic heterocycles. The monoisotopic (exact) mass is 418 g/mol. The minimum atomic E-state index is -0.368. The first-order chi connectivity index (χ1) is 12.0. The summed E-state index contributed by atoms with van der Waals surface area (Å²) in [6.07, 6.45) is 1.61. The van der Waals surface area contributed by atoms with Crippen LogP contribution in [0.2, 0.25) is 0 Å². The summed E-state index contributed by atoms with van der Waals surface area (Å²) in [4.78, 5) is 25.3. The van der Waals surface area contributed by atoms with E-state index in [1.807, 2.05) is 41.8 Å². The van der Waals surface area contributed by atoms with Gasteiger partial charge < -0.3 is 9.88 Å². The molecule has 127 valence electrons. The van der Waals surface area contributed by atoms with Crippen LogP contribution in [-0.4, -0.2) is 10.5 Å². The standard InChI is InChI=1S/C21H17N2O2.Y/c1-13-6-8-15(9-7-13)10-22-21(25)18-12-23-11-14(2)16-4-3-5-17(19(16)23)20(18)24;/h2-9,12H,10-11H2,1H3,(H,22,25);/q-1;. The topological polar surface area (TPSA) is 51.1 Å². The third-order valence-corrected chi connectivity index (χ3v) is 4.60. The number of hydrogen-bond acceptors (Lipinski definition) is 2. The molecule has 26 heavy (non-hydrogen) atoms. The summed E-state index contributed by atoms with van der Waals surface area (Å²) < 4.78 is 1.88. The van der Waals surface area contributed by atoms with Gasteiger partial charge in [-0.05, 0) is 18.0 Å². The van der Waals surface area contributed by atoms with Crippen LogP contribution in [0.5, 0.6) is 0 Å². The van der Waals surface area contributed by atoms with Gasteiger partial charge in [0.05, 0.1) is 0 Å². The second kappa shape index (κ2) is 7.30. The maximum absolute atomic E-state index is 12.7. The van der Waals surface area contributed by atoms with Crippen molar-refractivity contribution in [2.75, 3.05) is 0 Å². The average molecular weight is 418 g/mol. The van der Waals surface area contributed by atoms with Gasteiger partial charge in [-0.2, -0.15) is 5.57 Å². The van der Waals surface area contributed by atoms with Crippen molar-refractivity contribution in [2.24, 2.45) is 0 Å². The number of nitrogens with one attached hydrogen (secondary N) is 1. The Kier molecular flexibility index (Phi) is 5.26. The molecule has 0 spiro atoms. The summed E-state index contributed by atoms with van der Waals surface area (Å²) >= 11 is 0. The van der Waals surface area contributed by atoms with Gasteiger partial charge >= 0.3 is 0 Å². The van der Waals surface area contributed by atoms with Gasteiger partial charge in [-0.3, -0.25) is 16.2 Å².